The molecule has 4 heterocycles. The molecular weight excluding hydrogens is 1330 g/mol. The zero-order chi connectivity index (χ0) is 69.5. The fourth-order valence-corrected chi connectivity index (χ4v) is 15.6. The number of benzene rings is 16. The van der Waals surface area contributed by atoms with Crippen LogP contribution < -0.4 is 4.65 Å². The summed E-state index contributed by atoms with van der Waals surface area (Å²) in [6.45, 7) is 0. The van der Waals surface area contributed by atoms with Crippen molar-refractivity contribution in [3.05, 3.63) is 393 Å². The number of para-hydroxylation sites is 4. The first kappa shape index (κ1) is 63.2. The molecule has 6 nitrogen and oxygen atoms in total. The van der Waals surface area contributed by atoms with Crippen molar-refractivity contribution in [1.82, 2.24) is 18.3 Å². The summed E-state index contributed by atoms with van der Waals surface area (Å²) in [6, 6.07) is 138. The Morgan fingerprint density at radius 3 is 0.779 bits per heavy atom. The Morgan fingerprint density at radius 1 is 0.202 bits per heavy atom. The molecule has 0 spiro atoms. The van der Waals surface area contributed by atoms with Crippen LogP contribution in [0.3, 0.4) is 0 Å². The molecule has 16 aromatic carbocycles. The minimum absolute atomic E-state index is 0.607. The van der Waals surface area contributed by atoms with Crippen molar-refractivity contribution in [3.8, 4) is 84.1 Å². The quantitative estimate of drug-likeness (QED) is 0.131. The molecule has 0 saturated carbocycles. The van der Waals surface area contributed by atoms with E-state index in [1.54, 1.807) is 0 Å². The average Bonchev–Trinajstić information content (AvgIpc) is 1.80. The zero-order valence-corrected chi connectivity index (χ0v) is 58.1. The molecule has 0 saturated heterocycles. The first-order chi connectivity index (χ1) is 51.5. The third-order valence-corrected chi connectivity index (χ3v) is 20.5. The van der Waals surface area contributed by atoms with Crippen LogP contribution >= 0.6 is 15.9 Å². The number of nitrogens with zero attached hydrogens (tertiary/aromatic N) is 4. The van der Waals surface area contributed by atoms with E-state index in [-0.39, 0.29) is 0 Å². The lowest BCUT2D eigenvalue weighted by Gasteiger charge is -2.11. The van der Waals surface area contributed by atoms with Gasteiger partial charge in [0.05, 0.1) is 44.1 Å². The summed E-state index contributed by atoms with van der Waals surface area (Å²) in [5.74, 6) is 0.607. The fourth-order valence-electron chi connectivity index (χ4n) is 15.3. The van der Waals surface area contributed by atoms with Crippen molar-refractivity contribution in [2.24, 2.45) is 0 Å². The molecule has 4 aromatic heterocycles. The Hall–Kier alpha value is -13.0. The van der Waals surface area contributed by atoms with Crippen LogP contribution in [0.2, 0.25) is 0 Å². The summed E-state index contributed by atoms with van der Waals surface area (Å²) in [4.78, 5) is 0. The van der Waals surface area contributed by atoms with Crippen molar-refractivity contribution < 1.29 is 9.68 Å². The van der Waals surface area contributed by atoms with E-state index < -0.39 is 0 Å². The van der Waals surface area contributed by atoms with Gasteiger partial charge in [-0.3, -0.25) is 0 Å². The van der Waals surface area contributed by atoms with Crippen LogP contribution in [0.15, 0.2) is 393 Å². The van der Waals surface area contributed by atoms with Crippen LogP contribution in [0.5, 0.6) is 5.75 Å². The number of aromatic nitrogens is 4. The van der Waals surface area contributed by atoms with Crippen molar-refractivity contribution >= 4 is 111 Å². The van der Waals surface area contributed by atoms with E-state index in [1.807, 2.05) is 30.3 Å². The molecule has 0 aliphatic rings. The monoisotopic (exact) mass is 1400 g/mol. The minimum atomic E-state index is 0.607. The van der Waals surface area contributed by atoms with Gasteiger partial charge in [0.1, 0.15) is 5.75 Å². The molecular formula is C96H65BBrN4O2. The van der Waals surface area contributed by atoms with E-state index in [9.17, 15) is 0 Å². The molecule has 8 heteroatoms. The summed E-state index contributed by atoms with van der Waals surface area (Å²) >= 11 is 3.62. The Balaban J connectivity index is 0.000000121. The van der Waals surface area contributed by atoms with Gasteiger partial charge in [0.2, 0.25) is 0 Å². The summed E-state index contributed by atoms with van der Waals surface area (Å²) < 4.78 is 15.7. The highest BCUT2D eigenvalue weighted by Crippen LogP contribution is 2.42. The largest absolute Gasteiger partial charge is 0.569 e. The van der Waals surface area contributed by atoms with Crippen LogP contribution in [0.4, 0.5) is 0 Å². The lowest BCUT2D eigenvalue weighted by molar-refractivity contribution is 0.454. The van der Waals surface area contributed by atoms with E-state index in [0.29, 0.717) is 13.4 Å². The van der Waals surface area contributed by atoms with E-state index in [0.717, 1.165) is 43.3 Å². The van der Waals surface area contributed by atoms with Crippen LogP contribution in [0.1, 0.15) is 0 Å². The Bertz CT molecular complexity index is 6380. The van der Waals surface area contributed by atoms with Gasteiger partial charge >= 0.3 is 7.69 Å². The summed E-state index contributed by atoms with van der Waals surface area (Å²) in [5, 5.41) is 18.8. The lowest BCUT2D eigenvalue weighted by Crippen LogP contribution is -1.99. The van der Waals surface area contributed by atoms with Gasteiger partial charge in [-0.15, -0.1) is 0 Å². The summed E-state index contributed by atoms with van der Waals surface area (Å²) in [7, 11) is 0.712. The Morgan fingerprint density at radius 2 is 0.452 bits per heavy atom. The minimum Gasteiger partial charge on any atom is -0.537 e. The van der Waals surface area contributed by atoms with Crippen LogP contribution in [0.25, 0.3) is 166 Å². The van der Waals surface area contributed by atoms with Gasteiger partial charge in [-0.1, -0.05) is 271 Å². The van der Waals surface area contributed by atoms with Crippen molar-refractivity contribution in [3.63, 3.8) is 0 Å². The molecule has 0 amide bonds. The standard InChI is InChI=1S/C48H32N2.C24H17BNO2.C24H16BrN/c1-3-13-33(14-4-1)35-17-11-19-39(29-35)49-45-23-9-7-21-41(45)43-31-37(25-27-47(43)49)38-26-28-48-44(32-38)42-22-8-10-24-46(42)50(48)40-20-12-18-36(30-40)34-15-5-2-6-16-34;27-25-28-20-13-14-24-22(16-20)21-11-4-5-12-23(21)26(24)19-10-6-9-18(15-19)17-7-2-1-3-8-17;25-19-13-14-24-22(16-19)21-11-4-5-12-23(21)26(24)20-10-6-9-18(15-20)17-7-2-1-3-8-17/h1-32H;1-16,27H;1-16H. The second-order valence-corrected chi connectivity index (χ2v) is 27.0. The van der Waals surface area contributed by atoms with Gasteiger partial charge in [-0.05, 0) is 189 Å². The summed E-state index contributed by atoms with van der Waals surface area (Å²) in [5.41, 5.74) is 26.2. The van der Waals surface area contributed by atoms with E-state index in [1.165, 1.54) is 127 Å². The predicted molar refractivity (Wildman–Crippen MR) is 440 cm³/mol. The van der Waals surface area contributed by atoms with Crippen LogP contribution in [0, 0.1) is 0 Å². The molecule has 20 aromatic rings. The second-order valence-electron chi connectivity index (χ2n) is 26.1. The molecule has 0 fully saturated rings. The third kappa shape index (κ3) is 11.8. The predicted octanol–water partition coefficient (Wildman–Crippen LogP) is 25.5. The van der Waals surface area contributed by atoms with Crippen molar-refractivity contribution in [1.29, 1.82) is 0 Å². The number of halogens is 1. The Labute approximate surface area is 611 Å². The smallest absolute Gasteiger partial charge is 0.537 e. The van der Waals surface area contributed by atoms with Crippen LogP contribution in [-0.2, 0) is 0 Å². The molecule has 0 aliphatic carbocycles. The second kappa shape index (κ2) is 27.5. The van der Waals surface area contributed by atoms with Gasteiger partial charge in [0, 0.05) is 70.3 Å². The maximum atomic E-state index is 8.97. The highest BCUT2D eigenvalue weighted by atomic mass is 79.9. The topological polar surface area (TPSA) is 49.2 Å². The lowest BCUT2D eigenvalue weighted by atomic mass is 10.0. The SMILES string of the molecule is Brc1ccc2c(c1)c1ccccc1n2-c1cccc(-c2ccccc2)c1.O[B]Oc1ccc2c(c1)c1ccccc1n2-c1cccc(-c2ccccc2)c1.c1ccc(-c2cccc(-n3c4ccccc4c4cc(-c5ccc6c(c5)c5ccccc5n6-c5cccc(-c6ccccc6)c5)ccc43)c2)cc1. The highest BCUT2D eigenvalue weighted by Gasteiger charge is 2.20. The van der Waals surface area contributed by atoms with Gasteiger partial charge in [-0.2, -0.15) is 0 Å². The molecule has 20 rings (SSSR count). The molecule has 1 N–H and O–H groups in total. The number of fused-ring (bicyclic) bond motifs is 12. The van der Waals surface area contributed by atoms with Crippen molar-refractivity contribution in [2.75, 3.05) is 0 Å². The van der Waals surface area contributed by atoms with Crippen molar-refractivity contribution in [2.45, 2.75) is 0 Å². The fraction of sp³-hybridized carbons (Fsp3) is 0. The van der Waals surface area contributed by atoms with E-state index >= 15 is 0 Å². The normalized spacial score (nSPS) is 11.4. The maximum Gasteiger partial charge on any atom is 0.569 e. The average molecular weight is 1400 g/mol. The molecule has 0 aliphatic heterocycles. The zero-order valence-electron chi connectivity index (χ0n) is 56.6. The Kier molecular flexibility index (Phi) is 16.7. The maximum absolute atomic E-state index is 8.97. The van der Waals surface area contributed by atoms with E-state index in [2.05, 4.69) is 392 Å². The van der Waals surface area contributed by atoms with Gasteiger partial charge in [-0.25, -0.2) is 0 Å². The first-order valence-corrected chi connectivity index (χ1v) is 35.8. The first-order valence-electron chi connectivity index (χ1n) is 35.0. The third-order valence-electron chi connectivity index (χ3n) is 20.0. The van der Waals surface area contributed by atoms with E-state index in [4.69, 9.17) is 9.68 Å². The van der Waals surface area contributed by atoms with Gasteiger partial charge in [0.25, 0.3) is 0 Å². The van der Waals surface area contributed by atoms with Crippen LogP contribution in [-0.4, -0.2) is 31.0 Å². The molecule has 0 unspecified atom stereocenters. The molecule has 0 bridgehead atoms. The molecule has 491 valence electrons. The van der Waals surface area contributed by atoms with Gasteiger partial charge in [0.15, 0.2) is 0 Å². The highest BCUT2D eigenvalue weighted by molar-refractivity contribution is 9.10. The molecule has 0 atom stereocenters. The summed E-state index contributed by atoms with van der Waals surface area (Å²) in [6.07, 6.45) is 0. The number of hydrogen-bond donors (Lipinski definition) is 1. The number of rotatable bonds is 11. The molecule has 104 heavy (non-hydrogen) atoms. The number of hydrogen-bond acceptors (Lipinski definition) is 2. The molecule has 1 radical (unpaired) electrons. The van der Waals surface area contributed by atoms with Gasteiger partial charge < -0.3 is 27.9 Å².